The summed E-state index contributed by atoms with van der Waals surface area (Å²) in [5.41, 5.74) is 2.76. The molecule has 5 nitrogen and oxygen atoms in total. The molecule has 146 valence electrons. The monoisotopic (exact) mass is 388 g/mol. The van der Waals surface area contributed by atoms with E-state index in [4.69, 9.17) is 0 Å². The van der Waals surface area contributed by atoms with Crippen molar-refractivity contribution in [1.29, 1.82) is 5.26 Å². The van der Waals surface area contributed by atoms with E-state index < -0.39 is 0 Å². The molecule has 0 radical (unpaired) electrons. The van der Waals surface area contributed by atoms with Gasteiger partial charge in [-0.05, 0) is 36.8 Å². The number of halogens is 1. The number of para-hydroxylation sites is 1. The molecule has 1 spiro atoms. The summed E-state index contributed by atoms with van der Waals surface area (Å²) in [7, 11) is 1.72. The molecule has 1 aromatic heterocycles. The molecule has 6 heteroatoms. The highest BCUT2D eigenvalue weighted by atomic mass is 19.1. The number of aryl methyl sites for hydroxylation is 1. The van der Waals surface area contributed by atoms with E-state index in [0.29, 0.717) is 0 Å². The van der Waals surface area contributed by atoms with Crippen molar-refractivity contribution < 1.29 is 4.39 Å². The summed E-state index contributed by atoms with van der Waals surface area (Å²) < 4.78 is 14.7. The quantitative estimate of drug-likeness (QED) is 0.676. The molecular formula is C23H21FN4O. The molecule has 5 rings (SSSR count). The fraction of sp³-hybridized carbons (Fsp3) is 0.304. The van der Waals surface area contributed by atoms with E-state index in [2.05, 4.69) is 15.9 Å². The molecule has 2 aliphatic rings. The molecule has 2 fully saturated rings. The van der Waals surface area contributed by atoms with Crippen LogP contribution in [-0.4, -0.2) is 30.7 Å². The Balaban J connectivity index is 1.46. The lowest BCUT2D eigenvalue weighted by Crippen LogP contribution is -2.57. The SMILES string of the molecule is Cn1c(=O)c(C#N)c(N2CCC3(CN(c4ccc(F)cc4)C3)C2)c2ccccc21. The highest BCUT2D eigenvalue weighted by Crippen LogP contribution is 2.44. The molecular weight excluding hydrogens is 367 g/mol. The minimum absolute atomic E-state index is 0.142. The maximum absolute atomic E-state index is 13.2. The van der Waals surface area contributed by atoms with Gasteiger partial charge in [-0.3, -0.25) is 4.79 Å². The van der Waals surface area contributed by atoms with E-state index >= 15 is 0 Å². The Morgan fingerprint density at radius 2 is 1.72 bits per heavy atom. The lowest BCUT2D eigenvalue weighted by Gasteiger charge is -2.49. The zero-order chi connectivity index (χ0) is 20.2. The largest absolute Gasteiger partial charge is 0.370 e. The topological polar surface area (TPSA) is 52.3 Å². The van der Waals surface area contributed by atoms with Gasteiger partial charge < -0.3 is 14.4 Å². The van der Waals surface area contributed by atoms with Gasteiger partial charge in [0.1, 0.15) is 17.4 Å². The average Bonchev–Trinajstić information content (AvgIpc) is 3.15. The molecule has 2 aromatic carbocycles. The number of hydrogen-bond donors (Lipinski definition) is 0. The zero-order valence-electron chi connectivity index (χ0n) is 16.2. The first-order valence-electron chi connectivity index (χ1n) is 9.79. The molecule has 3 heterocycles. The third-order valence-corrected chi connectivity index (χ3v) is 6.39. The van der Waals surface area contributed by atoms with Crippen molar-refractivity contribution in [2.45, 2.75) is 6.42 Å². The van der Waals surface area contributed by atoms with E-state index in [1.807, 2.05) is 36.4 Å². The smallest absolute Gasteiger partial charge is 0.270 e. The van der Waals surface area contributed by atoms with Crippen molar-refractivity contribution in [3.8, 4) is 6.07 Å². The Kier molecular flexibility index (Phi) is 3.88. The molecule has 0 amide bonds. The van der Waals surface area contributed by atoms with Crippen LogP contribution in [0.25, 0.3) is 10.9 Å². The van der Waals surface area contributed by atoms with Gasteiger partial charge in [-0.1, -0.05) is 18.2 Å². The van der Waals surface area contributed by atoms with Gasteiger partial charge in [0.25, 0.3) is 5.56 Å². The predicted molar refractivity (Wildman–Crippen MR) is 112 cm³/mol. The van der Waals surface area contributed by atoms with Crippen LogP contribution in [0.3, 0.4) is 0 Å². The molecule has 0 bridgehead atoms. The molecule has 3 aromatic rings. The normalized spacial score (nSPS) is 17.6. The van der Waals surface area contributed by atoms with Gasteiger partial charge in [-0.15, -0.1) is 0 Å². The van der Waals surface area contributed by atoms with Gasteiger partial charge in [0.2, 0.25) is 0 Å². The molecule has 0 atom stereocenters. The molecule has 0 unspecified atom stereocenters. The zero-order valence-corrected chi connectivity index (χ0v) is 16.2. The van der Waals surface area contributed by atoms with Crippen LogP contribution in [0.4, 0.5) is 15.8 Å². The number of rotatable bonds is 2. The van der Waals surface area contributed by atoms with E-state index in [1.54, 1.807) is 11.6 Å². The Morgan fingerprint density at radius 3 is 2.45 bits per heavy atom. The van der Waals surface area contributed by atoms with Gasteiger partial charge >= 0.3 is 0 Å². The third kappa shape index (κ3) is 2.69. The van der Waals surface area contributed by atoms with Crippen molar-refractivity contribution in [2.75, 3.05) is 36.0 Å². The first-order valence-corrected chi connectivity index (χ1v) is 9.79. The van der Waals surface area contributed by atoms with Gasteiger partial charge in [-0.25, -0.2) is 4.39 Å². The van der Waals surface area contributed by atoms with Crippen molar-refractivity contribution in [3.63, 3.8) is 0 Å². The summed E-state index contributed by atoms with van der Waals surface area (Å²) >= 11 is 0. The molecule has 0 N–H and O–H groups in total. The Bertz CT molecular complexity index is 1200. The first kappa shape index (κ1) is 17.7. The molecule has 2 saturated heterocycles. The number of pyridine rings is 1. The van der Waals surface area contributed by atoms with Crippen LogP contribution in [0.15, 0.2) is 53.3 Å². The second-order valence-corrected chi connectivity index (χ2v) is 8.22. The lowest BCUT2D eigenvalue weighted by molar-refractivity contribution is 0.246. The van der Waals surface area contributed by atoms with Crippen molar-refractivity contribution >= 4 is 22.3 Å². The summed E-state index contributed by atoms with van der Waals surface area (Å²) in [5, 5.41) is 10.7. The number of hydrogen-bond acceptors (Lipinski definition) is 4. The Morgan fingerprint density at radius 1 is 1.03 bits per heavy atom. The van der Waals surface area contributed by atoms with Crippen LogP contribution in [-0.2, 0) is 7.05 Å². The van der Waals surface area contributed by atoms with Crippen LogP contribution in [0.5, 0.6) is 0 Å². The molecule has 0 saturated carbocycles. The summed E-state index contributed by atoms with van der Waals surface area (Å²) in [6.07, 6.45) is 1.01. The van der Waals surface area contributed by atoms with Crippen LogP contribution in [0.1, 0.15) is 12.0 Å². The number of benzene rings is 2. The maximum atomic E-state index is 13.2. The van der Waals surface area contributed by atoms with Crippen molar-refractivity contribution in [2.24, 2.45) is 12.5 Å². The Hall–Kier alpha value is -3.33. The minimum atomic E-state index is -0.247. The van der Waals surface area contributed by atoms with Crippen LogP contribution < -0.4 is 15.4 Å². The van der Waals surface area contributed by atoms with E-state index in [1.165, 1.54) is 12.1 Å². The van der Waals surface area contributed by atoms with Gasteiger partial charge in [0.15, 0.2) is 0 Å². The Labute approximate surface area is 168 Å². The standard InChI is InChI=1S/C23H21FN4O/c1-26-20-5-3-2-4-18(20)21(19(12-25)22(26)29)27-11-10-23(13-27)14-28(15-23)17-8-6-16(24)7-9-17/h2-9H,10-11,13-15H2,1H3. The highest BCUT2D eigenvalue weighted by molar-refractivity contribution is 5.95. The second-order valence-electron chi connectivity index (χ2n) is 8.22. The number of nitrogens with zero attached hydrogens (tertiary/aromatic N) is 4. The molecule has 29 heavy (non-hydrogen) atoms. The third-order valence-electron chi connectivity index (χ3n) is 6.39. The molecule has 0 aliphatic carbocycles. The summed E-state index contributed by atoms with van der Waals surface area (Å²) in [5.74, 6) is -0.224. The highest BCUT2D eigenvalue weighted by Gasteiger charge is 2.48. The van der Waals surface area contributed by atoms with Gasteiger partial charge in [0.05, 0.1) is 11.2 Å². The second kappa shape index (κ2) is 6.35. The van der Waals surface area contributed by atoms with E-state index in [0.717, 1.165) is 54.9 Å². The summed E-state index contributed by atoms with van der Waals surface area (Å²) in [6, 6.07) is 16.5. The van der Waals surface area contributed by atoms with E-state index in [9.17, 15) is 14.4 Å². The first-order chi connectivity index (χ1) is 14.0. The van der Waals surface area contributed by atoms with Crippen LogP contribution >= 0.6 is 0 Å². The number of aromatic nitrogens is 1. The van der Waals surface area contributed by atoms with Crippen LogP contribution in [0, 0.1) is 22.6 Å². The lowest BCUT2D eigenvalue weighted by atomic mass is 9.78. The number of fused-ring (bicyclic) bond motifs is 1. The molecule has 2 aliphatic heterocycles. The maximum Gasteiger partial charge on any atom is 0.270 e. The summed E-state index contributed by atoms with van der Waals surface area (Å²) in [6.45, 7) is 3.44. The van der Waals surface area contributed by atoms with Gasteiger partial charge in [-0.2, -0.15) is 5.26 Å². The van der Waals surface area contributed by atoms with Gasteiger partial charge in [0, 0.05) is 49.7 Å². The fourth-order valence-electron chi connectivity index (χ4n) is 4.89. The summed E-state index contributed by atoms with van der Waals surface area (Å²) in [4.78, 5) is 17.2. The van der Waals surface area contributed by atoms with Crippen molar-refractivity contribution in [1.82, 2.24) is 4.57 Å². The van der Waals surface area contributed by atoms with E-state index in [-0.39, 0.29) is 22.4 Å². The van der Waals surface area contributed by atoms with Crippen LogP contribution in [0.2, 0.25) is 0 Å². The number of nitriles is 1. The number of anilines is 2. The van der Waals surface area contributed by atoms with Crippen molar-refractivity contribution in [3.05, 3.63) is 70.3 Å². The minimum Gasteiger partial charge on any atom is -0.370 e. The predicted octanol–water partition coefficient (Wildman–Crippen LogP) is 3.27. The fourth-order valence-corrected chi connectivity index (χ4v) is 4.89. The average molecular weight is 388 g/mol.